The number of ether oxygens (including phenoxy) is 1. The molecule has 3 rings (SSSR count). The van der Waals surface area contributed by atoms with Gasteiger partial charge in [0.1, 0.15) is 5.75 Å². The van der Waals surface area contributed by atoms with E-state index in [1.54, 1.807) is 18.4 Å². The molecule has 0 fully saturated rings. The van der Waals surface area contributed by atoms with Crippen molar-refractivity contribution in [2.24, 2.45) is 0 Å². The van der Waals surface area contributed by atoms with Crippen molar-refractivity contribution in [2.75, 3.05) is 32.1 Å². The number of carbonyl (C=O) groups is 1. The molecule has 0 spiro atoms. The Balaban J connectivity index is 1.72. The van der Waals surface area contributed by atoms with Crippen LogP contribution >= 0.6 is 11.3 Å². The number of anilines is 1. The Morgan fingerprint density at radius 1 is 1.42 bits per heavy atom. The van der Waals surface area contributed by atoms with E-state index in [1.807, 2.05) is 30.1 Å². The van der Waals surface area contributed by atoms with E-state index in [-0.39, 0.29) is 11.9 Å². The second-order valence-electron chi connectivity index (χ2n) is 6.25. The molecule has 24 heavy (non-hydrogen) atoms. The lowest BCUT2D eigenvalue weighted by atomic mass is 10.0. The largest absolute Gasteiger partial charge is 0.497 e. The number of rotatable bonds is 5. The Bertz CT molecular complexity index is 699. The second-order valence-corrected chi connectivity index (χ2v) is 7.23. The third kappa shape index (κ3) is 3.47. The lowest BCUT2D eigenvalue weighted by molar-refractivity contribution is -0.120. The zero-order valence-corrected chi connectivity index (χ0v) is 15.3. The van der Waals surface area contributed by atoms with Crippen LogP contribution in [0.3, 0.4) is 0 Å². The van der Waals surface area contributed by atoms with Crippen LogP contribution in [0.4, 0.5) is 5.69 Å². The van der Waals surface area contributed by atoms with Gasteiger partial charge in [-0.3, -0.25) is 9.69 Å². The summed E-state index contributed by atoms with van der Waals surface area (Å²) in [5.41, 5.74) is 2.23. The van der Waals surface area contributed by atoms with Crippen LogP contribution in [0, 0.1) is 0 Å². The van der Waals surface area contributed by atoms with Crippen LogP contribution in [0.1, 0.15) is 29.8 Å². The van der Waals surface area contributed by atoms with Crippen molar-refractivity contribution in [2.45, 2.75) is 25.8 Å². The number of hydrogen-bond donors (Lipinski definition) is 0. The molecule has 0 bridgehead atoms. The van der Waals surface area contributed by atoms with Crippen molar-refractivity contribution < 1.29 is 9.53 Å². The lowest BCUT2D eigenvalue weighted by Crippen LogP contribution is -2.42. The Labute approximate surface area is 147 Å². The summed E-state index contributed by atoms with van der Waals surface area (Å²) in [6, 6.07) is 10.4. The third-order valence-corrected chi connectivity index (χ3v) is 5.75. The van der Waals surface area contributed by atoms with Gasteiger partial charge in [-0.2, -0.15) is 0 Å². The Morgan fingerprint density at radius 3 is 2.96 bits per heavy atom. The first-order chi connectivity index (χ1) is 11.6. The second kappa shape index (κ2) is 7.36. The van der Waals surface area contributed by atoms with E-state index in [1.165, 1.54) is 10.4 Å². The molecule has 5 heteroatoms. The Kier molecular flexibility index (Phi) is 5.21. The molecule has 0 radical (unpaired) electrons. The molecule has 2 heterocycles. The van der Waals surface area contributed by atoms with Crippen LogP contribution in [0.2, 0.25) is 0 Å². The maximum atomic E-state index is 12.9. The monoisotopic (exact) mass is 344 g/mol. The van der Waals surface area contributed by atoms with Crippen LogP contribution in [0.15, 0.2) is 35.7 Å². The van der Waals surface area contributed by atoms with Gasteiger partial charge < -0.3 is 9.64 Å². The third-order valence-electron chi connectivity index (χ3n) is 4.71. The number of amides is 1. The first kappa shape index (κ1) is 17.0. The van der Waals surface area contributed by atoms with Crippen LogP contribution in [0.5, 0.6) is 5.75 Å². The van der Waals surface area contributed by atoms with E-state index >= 15 is 0 Å². The zero-order valence-electron chi connectivity index (χ0n) is 14.5. The molecular weight excluding hydrogens is 320 g/mol. The minimum atomic E-state index is 0.159. The lowest BCUT2D eigenvalue weighted by Gasteiger charge is -2.32. The summed E-state index contributed by atoms with van der Waals surface area (Å²) >= 11 is 1.73. The van der Waals surface area contributed by atoms with E-state index < -0.39 is 0 Å². The van der Waals surface area contributed by atoms with Crippen molar-refractivity contribution in [1.82, 2.24) is 4.90 Å². The van der Waals surface area contributed by atoms with Gasteiger partial charge in [-0.15, -0.1) is 11.3 Å². The molecule has 2 aromatic rings. The maximum Gasteiger partial charge on any atom is 0.241 e. The van der Waals surface area contributed by atoms with E-state index in [4.69, 9.17) is 4.74 Å². The Morgan fingerprint density at radius 2 is 2.25 bits per heavy atom. The van der Waals surface area contributed by atoms with Crippen LogP contribution in [0.25, 0.3) is 0 Å². The zero-order chi connectivity index (χ0) is 17.1. The van der Waals surface area contributed by atoms with Gasteiger partial charge in [-0.05, 0) is 62.0 Å². The molecular formula is C19H24N2O2S. The quantitative estimate of drug-likeness (QED) is 0.828. The fourth-order valence-electron chi connectivity index (χ4n) is 3.14. The van der Waals surface area contributed by atoms with Gasteiger partial charge in [-0.1, -0.05) is 6.07 Å². The molecule has 1 atom stereocenters. The number of fused-ring (bicyclic) bond motifs is 1. The molecule has 4 nitrogen and oxygen atoms in total. The average Bonchev–Trinajstić information content (AvgIpc) is 3.14. The molecule has 128 valence electrons. The molecule has 1 amide bonds. The highest BCUT2D eigenvalue weighted by Gasteiger charge is 2.25. The molecule has 0 aliphatic carbocycles. The van der Waals surface area contributed by atoms with Gasteiger partial charge >= 0.3 is 0 Å². The number of methoxy groups -OCH3 is 1. The first-order valence-corrected chi connectivity index (χ1v) is 9.19. The van der Waals surface area contributed by atoms with Crippen molar-refractivity contribution in [3.05, 3.63) is 46.2 Å². The first-order valence-electron chi connectivity index (χ1n) is 8.31. The molecule has 1 aromatic heterocycles. The summed E-state index contributed by atoms with van der Waals surface area (Å²) < 4.78 is 5.30. The normalized spacial score (nSPS) is 15.2. The highest BCUT2D eigenvalue weighted by Crippen LogP contribution is 2.31. The molecule has 0 saturated carbocycles. The van der Waals surface area contributed by atoms with E-state index in [9.17, 15) is 4.79 Å². The minimum Gasteiger partial charge on any atom is -0.497 e. The Hall–Kier alpha value is -1.85. The molecule has 0 N–H and O–H groups in total. The van der Waals surface area contributed by atoms with Crippen LogP contribution in [-0.4, -0.2) is 38.1 Å². The summed E-state index contributed by atoms with van der Waals surface area (Å²) in [7, 11) is 3.69. The highest BCUT2D eigenvalue weighted by atomic mass is 32.1. The summed E-state index contributed by atoms with van der Waals surface area (Å²) in [4.78, 5) is 18.2. The van der Waals surface area contributed by atoms with Crippen molar-refractivity contribution >= 4 is 22.9 Å². The van der Waals surface area contributed by atoms with Crippen molar-refractivity contribution in [3.63, 3.8) is 0 Å². The molecule has 1 unspecified atom stereocenters. The predicted octanol–water partition coefficient (Wildman–Crippen LogP) is 3.73. The molecule has 0 saturated heterocycles. The maximum absolute atomic E-state index is 12.9. The highest BCUT2D eigenvalue weighted by molar-refractivity contribution is 7.10. The van der Waals surface area contributed by atoms with Crippen LogP contribution < -0.4 is 9.64 Å². The van der Waals surface area contributed by atoms with Gasteiger partial charge in [0, 0.05) is 23.2 Å². The molecule has 1 aromatic carbocycles. The number of nitrogens with zero attached hydrogens (tertiary/aromatic N) is 2. The predicted molar refractivity (Wildman–Crippen MR) is 99.0 cm³/mol. The number of thiophene rings is 1. The van der Waals surface area contributed by atoms with Crippen molar-refractivity contribution in [3.8, 4) is 5.75 Å². The summed E-state index contributed by atoms with van der Waals surface area (Å²) in [6.07, 6.45) is 1.99. The molecule has 1 aliphatic rings. The summed E-state index contributed by atoms with van der Waals surface area (Å²) in [6.45, 7) is 3.36. The SMILES string of the molecule is COc1ccc2c(c1)CCCN2C(=O)CN(C)C(C)c1cccs1. The van der Waals surface area contributed by atoms with Gasteiger partial charge in [0.25, 0.3) is 0 Å². The number of hydrogen-bond acceptors (Lipinski definition) is 4. The number of likely N-dealkylation sites (N-methyl/N-ethyl adjacent to an activating group) is 1. The van der Waals surface area contributed by atoms with E-state index in [0.717, 1.165) is 30.8 Å². The average molecular weight is 344 g/mol. The van der Waals surface area contributed by atoms with Gasteiger partial charge in [0.2, 0.25) is 5.91 Å². The van der Waals surface area contributed by atoms with Gasteiger partial charge in [0.15, 0.2) is 0 Å². The standard InChI is InChI=1S/C19H24N2O2S/c1-14(18-7-5-11-24-18)20(2)13-19(22)21-10-4-6-15-12-16(23-3)8-9-17(15)21/h5,7-9,11-12,14H,4,6,10,13H2,1-3H3. The summed E-state index contributed by atoms with van der Waals surface area (Å²) in [5.74, 6) is 1.01. The summed E-state index contributed by atoms with van der Waals surface area (Å²) in [5, 5.41) is 2.08. The fourth-order valence-corrected chi connectivity index (χ4v) is 3.99. The topological polar surface area (TPSA) is 32.8 Å². The van der Waals surface area contributed by atoms with E-state index in [2.05, 4.69) is 29.3 Å². The smallest absolute Gasteiger partial charge is 0.241 e. The number of aryl methyl sites for hydroxylation is 1. The minimum absolute atomic E-state index is 0.159. The molecule has 1 aliphatic heterocycles. The van der Waals surface area contributed by atoms with Crippen LogP contribution in [-0.2, 0) is 11.2 Å². The van der Waals surface area contributed by atoms with Gasteiger partial charge in [-0.25, -0.2) is 0 Å². The fraction of sp³-hybridized carbons (Fsp3) is 0.421. The van der Waals surface area contributed by atoms with E-state index in [0.29, 0.717) is 6.54 Å². The number of benzene rings is 1. The number of carbonyl (C=O) groups excluding carboxylic acids is 1. The van der Waals surface area contributed by atoms with Crippen molar-refractivity contribution in [1.29, 1.82) is 0 Å². The van der Waals surface area contributed by atoms with Gasteiger partial charge in [0.05, 0.1) is 13.7 Å².